The lowest BCUT2D eigenvalue weighted by Gasteiger charge is -2.27. The Hall–Kier alpha value is -3.19. The molecule has 2 heterocycles. The van der Waals surface area contributed by atoms with Gasteiger partial charge in [0.15, 0.2) is 16.7 Å². The van der Waals surface area contributed by atoms with Gasteiger partial charge in [0, 0.05) is 18.7 Å². The summed E-state index contributed by atoms with van der Waals surface area (Å²) >= 11 is 1.23. The van der Waals surface area contributed by atoms with Gasteiger partial charge in [-0.1, -0.05) is 12.1 Å². The second-order valence-electron chi connectivity index (χ2n) is 7.98. The maximum atomic E-state index is 13.4. The molecule has 2 aliphatic rings. The fraction of sp³-hybridized carbons (Fsp3) is 0.333. The molecule has 6 nitrogen and oxygen atoms in total. The standard InChI is InChI=1S/C24H20F6N2O4S/c1-34-19-10-14(11-20-21(33)31-22(37-20)32-6-8-35-9-7-32)2-5-18(19)36-13-15-3-4-16(23(25,26)27)12-17(15)24(28,29)30/h2-5,10-12H,6-9,13H2,1H3/b20-11+. The second-order valence-corrected chi connectivity index (χ2v) is 8.99. The van der Waals surface area contributed by atoms with Gasteiger partial charge in [-0.2, -0.15) is 31.3 Å². The van der Waals surface area contributed by atoms with E-state index in [9.17, 15) is 31.1 Å². The Morgan fingerprint density at radius 3 is 2.41 bits per heavy atom. The van der Waals surface area contributed by atoms with E-state index >= 15 is 0 Å². The summed E-state index contributed by atoms with van der Waals surface area (Å²) < 4.78 is 95.0. The van der Waals surface area contributed by atoms with E-state index in [1.165, 1.54) is 31.0 Å². The molecule has 0 bridgehead atoms. The third-order valence-corrected chi connectivity index (χ3v) is 6.55. The van der Waals surface area contributed by atoms with E-state index in [2.05, 4.69) is 4.99 Å². The molecule has 0 N–H and O–H groups in total. The maximum absolute atomic E-state index is 13.4. The molecule has 4 rings (SSSR count). The van der Waals surface area contributed by atoms with Crippen LogP contribution < -0.4 is 9.47 Å². The van der Waals surface area contributed by atoms with Gasteiger partial charge >= 0.3 is 12.4 Å². The molecule has 0 saturated carbocycles. The van der Waals surface area contributed by atoms with Crippen LogP contribution in [0.3, 0.4) is 0 Å². The summed E-state index contributed by atoms with van der Waals surface area (Å²) in [5.41, 5.74) is -2.74. The van der Waals surface area contributed by atoms with Crippen molar-refractivity contribution in [1.82, 2.24) is 4.90 Å². The molecule has 1 amide bonds. The van der Waals surface area contributed by atoms with Crippen molar-refractivity contribution in [3.8, 4) is 11.5 Å². The topological polar surface area (TPSA) is 60.4 Å². The lowest BCUT2D eigenvalue weighted by Crippen LogP contribution is -2.38. The number of carbonyl (C=O) groups is 1. The van der Waals surface area contributed by atoms with E-state index in [4.69, 9.17) is 14.2 Å². The zero-order valence-electron chi connectivity index (χ0n) is 19.3. The summed E-state index contributed by atoms with van der Waals surface area (Å²) in [5, 5.41) is 0.587. The van der Waals surface area contributed by atoms with Crippen LogP contribution in [-0.4, -0.2) is 49.4 Å². The summed E-state index contributed by atoms with van der Waals surface area (Å²) in [6.07, 6.45) is -8.32. The molecule has 2 aromatic carbocycles. The van der Waals surface area contributed by atoms with Gasteiger partial charge in [0.25, 0.3) is 5.91 Å². The lowest BCUT2D eigenvalue weighted by molar-refractivity contribution is -0.143. The Morgan fingerprint density at radius 2 is 1.76 bits per heavy atom. The van der Waals surface area contributed by atoms with E-state index in [0.29, 0.717) is 48.0 Å². The Morgan fingerprint density at radius 1 is 1.03 bits per heavy atom. The van der Waals surface area contributed by atoms with Crippen molar-refractivity contribution in [2.45, 2.75) is 19.0 Å². The van der Waals surface area contributed by atoms with Crippen molar-refractivity contribution in [3.05, 3.63) is 63.6 Å². The minimum Gasteiger partial charge on any atom is -0.493 e. The molecular weight excluding hydrogens is 526 g/mol. The number of morpholine rings is 1. The predicted octanol–water partition coefficient (Wildman–Crippen LogP) is 5.61. The van der Waals surface area contributed by atoms with Gasteiger partial charge < -0.3 is 19.1 Å². The Balaban J connectivity index is 1.50. The predicted molar refractivity (Wildman–Crippen MR) is 124 cm³/mol. The highest BCUT2D eigenvalue weighted by atomic mass is 32.2. The average Bonchev–Trinajstić information content (AvgIpc) is 3.22. The SMILES string of the molecule is COc1cc(/C=C2/SC(N3CCOCC3)=NC2=O)ccc1OCc1ccc(C(F)(F)F)cc1C(F)(F)F. The number of ether oxygens (including phenoxy) is 3. The Labute approximate surface area is 211 Å². The van der Waals surface area contributed by atoms with Crippen LogP contribution in [0.1, 0.15) is 22.3 Å². The highest BCUT2D eigenvalue weighted by molar-refractivity contribution is 8.18. The number of aliphatic imine (C=N–C) groups is 1. The summed E-state index contributed by atoms with van der Waals surface area (Å²) in [5.74, 6) is -0.152. The van der Waals surface area contributed by atoms with Crippen LogP contribution in [0.2, 0.25) is 0 Å². The van der Waals surface area contributed by atoms with Crippen molar-refractivity contribution in [2.75, 3.05) is 33.4 Å². The van der Waals surface area contributed by atoms with Crippen molar-refractivity contribution in [2.24, 2.45) is 4.99 Å². The van der Waals surface area contributed by atoms with Gasteiger partial charge in [0.05, 0.1) is 36.4 Å². The number of halogens is 6. The number of thioether (sulfide) groups is 1. The average molecular weight is 546 g/mol. The van der Waals surface area contributed by atoms with Crippen LogP contribution in [0.4, 0.5) is 26.3 Å². The van der Waals surface area contributed by atoms with Crippen molar-refractivity contribution < 1.29 is 45.3 Å². The van der Waals surface area contributed by atoms with Crippen LogP contribution >= 0.6 is 11.8 Å². The first kappa shape index (κ1) is 26.9. The van der Waals surface area contributed by atoms with Crippen LogP contribution in [0.15, 0.2) is 46.3 Å². The van der Waals surface area contributed by atoms with Crippen molar-refractivity contribution in [1.29, 1.82) is 0 Å². The number of methoxy groups -OCH3 is 1. The molecule has 198 valence electrons. The number of carbonyl (C=O) groups excluding carboxylic acids is 1. The summed E-state index contributed by atoms with van der Waals surface area (Å²) in [4.78, 5) is 18.8. The molecule has 2 aromatic rings. The van der Waals surface area contributed by atoms with Crippen LogP contribution in [0, 0.1) is 0 Å². The fourth-order valence-electron chi connectivity index (χ4n) is 3.63. The highest BCUT2D eigenvalue weighted by Gasteiger charge is 2.38. The number of alkyl halides is 6. The molecule has 0 aliphatic carbocycles. The van der Waals surface area contributed by atoms with Crippen molar-refractivity contribution in [3.63, 3.8) is 0 Å². The second kappa shape index (κ2) is 10.7. The normalized spacial score (nSPS) is 17.8. The molecule has 1 saturated heterocycles. The minimum atomic E-state index is -5.01. The number of amidine groups is 1. The van der Waals surface area contributed by atoms with E-state index in [1.807, 2.05) is 4.90 Å². The van der Waals surface area contributed by atoms with E-state index in [-0.39, 0.29) is 17.6 Å². The van der Waals surface area contributed by atoms with Gasteiger partial charge in [0.1, 0.15) is 6.61 Å². The third kappa shape index (κ3) is 6.39. The van der Waals surface area contributed by atoms with Gasteiger partial charge in [-0.25, -0.2) is 0 Å². The summed E-state index contributed by atoms with van der Waals surface area (Å²) in [7, 11) is 1.33. The third-order valence-electron chi connectivity index (χ3n) is 5.50. The minimum absolute atomic E-state index is 0.0642. The summed E-state index contributed by atoms with van der Waals surface area (Å²) in [6.45, 7) is 1.70. The smallest absolute Gasteiger partial charge is 0.416 e. The molecule has 0 spiro atoms. The Bertz CT molecular complexity index is 1240. The fourth-order valence-corrected chi connectivity index (χ4v) is 4.60. The first-order valence-electron chi connectivity index (χ1n) is 10.9. The number of hydrogen-bond acceptors (Lipinski definition) is 6. The first-order chi connectivity index (χ1) is 17.5. The lowest BCUT2D eigenvalue weighted by atomic mass is 10.0. The Kier molecular flexibility index (Phi) is 7.74. The zero-order chi connectivity index (χ0) is 26.8. The monoisotopic (exact) mass is 546 g/mol. The molecule has 0 atom stereocenters. The zero-order valence-corrected chi connectivity index (χ0v) is 20.1. The quantitative estimate of drug-likeness (QED) is 0.359. The molecule has 0 unspecified atom stereocenters. The molecular formula is C24H20F6N2O4S. The van der Waals surface area contributed by atoms with Gasteiger partial charge in [0.2, 0.25) is 0 Å². The number of nitrogens with zero attached hydrogens (tertiary/aromatic N) is 2. The first-order valence-corrected chi connectivity index (χ1v) is 11.7. The van der Waals surface area contributed by atoms with E-state index in [1.54, 1.807) is 12.1 Å². The molecule has 37 heavy (non-hydrogen) atoms. The number of hydrogen-bond donors (Lipinski definition) is 0. The van der Waals surface area contributed by atoms with E-state index in [0.717, 1.165) is 6.07 Å². The van der Waals surface area contributed by atoms with Crippen LogP contribution in [0.25, 0.3) is 6.08 Å². The van der Waals surface area contributed by atoms with Gasteiger partial charge in [-0.15, -0.1) is 0 Å². The van der Waals surface area contributed by atoms with Gasteiger partial charge in [-0.05, 0) is 47.7 Å². The molecule has 1 fully saturated rings. The highest BCUT2D eigenvalue weighted by Crippen LogP contribution is 2.39. The molecule has 2 aliphatic heterocycles. The summed E-state index contributed by atoms with van der Waals surface area (Å²) in [6, 6.07) is 5.92. The maximum Gasteiger partial charge on any atom is 0.416 e. The van der Waals surface area contributed by atoms with E-state index < -0.39 is 41.6 Å². The number of amides is 1. The number of benzene rings is 2. The van der Waals surface area contributed by atoms with Crippen molar-refractivity contribution >= 4 is 28.9 Å². The number of rotatable bonds is 5. The largest absolute Gasteiger partial charge is 0.493 e. The molecule has 0 aromatic heterocycles. The molecule has 13 heteroatoms. The van der Waals surface area contributed by atoms with Crippen LogP contribution in [0.5, 0.6) is 11.5 Å². The van der Waals surface area contributed by atoms with Crippen LogP contribution in [-0.2, 0) is 28.5 Å². The molecule has 0 radical (unpaired) electrons. The van der Waals surface area contributed by atoms with Gasteiger partial charge in [-0.3, -0.25) is 4.79 Å².